The molecule has 0 atom stereocenters. The number of hydrogen-bond donors (Lipinski definition) is 0. The van der Waals surface area contributed by atoms with Gasteiger partial charge in [-0.15, -0.1) is 0 Å². The molecule has 0 aliphatic carbocycles. The Morgan fingerprint density at radius 3 is 2.13 bits per heavy atom. The third-order valence-electron chi connectivity index (χ3n) is 6.27. The maximum atomic E-state index is 12.6. The molecule has 0 radical (unpaired) electrons. The summed E-state index contributed by atoms with van der Waals surface area (Å²) in [5.74, 6) is 0.153. The van der Waals surface area contributed by atoms with Gasteiger partial charge in [0.2, 0.25) is 5.91 Å². The summed E-state index contributed by atoms with van der Waals surface area (Å²) < 4.78 is 2.24. The van der Waals surface area contributed by atoms with Crippen LogP contribution in [0.5, 0.6) is 0 Å². The van der Waals surface area contributed by atoms with Gasteiger partial charge >= 0.3 is 0 Å². The van der Waals surface area contributed by atoms with Gasteiger partial charge < -0.3 is 14.4 Å². The van der Waals surface area contributed by atoms with Gasteiger partial charge in [0.25, 0.3) is 0 Å². The molecule has 3 heterocycles. The Morgan fingerprint density at radius 1 is 0.700 bits per heavy atom. The molecule has 2 aliphatic rings. The maximum absolute atomic E-state index is 12.6. The molecule has 0 spiro atoms. The largest absolute Gasteiger partial charge is 0.353 e. The lowest BCUT2D eigenvalue weighted by Gasteiger charge is -2.34. The van der Waals surface area contributed by atoms with Crippen molar-refractivity contribution in [2.24, 2.45) is 0 Å². The van der Waals surface area contributed by atoms with Crippen molar-refractivity contribution in [3.05, 3.63) is 54.4 Å². The number of ketones is 1. The number of para-hydroxylation sites is 1. The van der Waals surface area contributed by atoms with Gasteiger partial charge in [-0.2, -0.15) is 0 Å². The second kappa shape index (κ2) is 10.0. The number of amides is 1. The quantitative estimate of drug-likeness (QED) is 0.630. The third kappa shape index (κ3) is 5.18. The molecule has 1 aromatic heterocycles. The number of rotatable bonds is 8. The highest BCUT2D eigenvalue weighted by Crippen LogP contribution is 2.27. The molecule has 1 saturated heterocycles. The van der Waals surface area contributed by atoms with Gasteiger partial charge in [0, 0.05) is 76.6 Å². The van der Waals surface area contributed by atoms with Gasteiger partial charge in [-0.05, 0) is 43.7 Å². The van der Waals surface area contributed by atoms with Gasteiger partial charge in [-0.25, -0.2) is 0 Å². The zero-order valence-electron chi connectivity index (χ0n) is 17.7. The normalized spacial score (nSPS) is 18.5. The van der Waals surface area contributed by atoms with Crippen LogP contribution in [-0.4, -0.2) is 71.9 Å². The first-order chi connectivity index (χ1) is 14.7. The lowest BCUT2D eigenvalue weighted by Crippen LogP contribution is -2.47. The average molecular weight is 409 g/mol. The zero-order chi connectivity index (χ0) is 20.8. The van der Waals surface area contributed by atoms with Crippen LogP contribution in [-0.2, 0) is 11.3 Å². The minimum absolute atomic E-state index is 0.0737. The van der Waals surface area contributed by atoms with E-state index in [0.29, 0.717) is 24.9 Å². The summed E-state index contributed by atoms with van der Waals surface area (Å²) in [6.45, 7) is 8.42. The summed E-state index contributed by atoms with van der Waals surface area (Å²) in [5, 5.41) is 0. The first-order valence-electron chi connectivity index (χ1n) is 11.2. The molecular weight excluding hydrogens is 376 g/mol. The molecule has 0 bridgehead atoms. The van der Waals surface area contributed by atoms with Crippen molar-refractivity contribution in [3.8, 4) is 0 Å². The monoisotopic (exact) mass is 408 g/mol. The zero-order valence-corrected chi connectivity index (χ0v) is 17.7. The third-order valence-corrected chi connectivity index (χ3v) is 6.27. The highest BCUT2D eigenvalue weighted by Gasteiger charge is 2.26. The van der Waals surface area contributed by atoms with E-state index in [0.717, 1.165) is 64.3 Å². The van der Waals surface area contributed by atoms with Crippen LogP contribution in [0.3, 0.4) is 0 Å². The van der Waals surface area contributed by atoms with Crippen LogP contribution in [0.4, 0.5) is 5.69 Å². The van der Waals surface area contributed by atoms with E-state index in [1.54, 1.807) is 0 Å². The lowest BCUT2D eigenvalue weighted by molar-refractivity contribution is -0.118. The smallest absolute Gasteiger partial charge is 0.227 e. The van der Waals surface area contributed by atoms with Crippen LogP contribution in [0, 0.1) is 0 Å². The van der Waals surface area contributed by atoms with E-state index in [-0.39, 0.29) is 11.7 Å². The predicted molar refractivity (Wildman–Crippen MR) is 119 cm³/mol. The van der Waals surface area contributed by atoms with Crippen LogP contribution in [0.25, 0.3) is 0 Å². The summed E-state index contributed by atoms with van der Waals surface area (Å²) in [4.78, 5) is 31.7. The fourth-order valence-electron chi connectivity index (χ4n) is 4.43. The van der Waals surface area contributed by atoms with Crippen LogP contribution in [0.15, 0.2) is 48.8 Å². The van der Waals surface area contributed by atoms with Gasteiger partial charge in [-0.3, -0.25) is 14.5 Å². The highest BCUT2D eigenvalue weighted by molar-refractivity contribution is 6.10. The van der Waals surface area contributed by atoms with Crippen molar-refractivity contribution in [1.29, 1.82) is 0 Å². The molecule has 1 amide bonds. The van der Waals surface area contributed by atoms with Crippen LogP contribution in [0.1, 0.15) is 36.0 Å². The Bertz CT molecular complexity index is 841. The Hall–Kier alpha value is -2.44. The number of carbonyl (C=O) groups is 2. The number of nitrogens with zero attached hydrogens (tertiary/aromatic N) is 4. The topological polar surface area (TPSA) is 48.8 Å². The van der Waals surface area contributed by atoms with Crippen molar-refractivity contribution in [2.45, 2.75) is 32.2 Å². The van der Waals surface area contributed by atoms with E-state index in [2.05, 4.69) is 38.9 Å². The SMILES string of the molecule is O=C1CCC(=O)N(CCCCN2CCN(CCn3cccc3)CC2)c2ccccc21. The molecular formula is C24H32N4O2. The summed E-state index contributed by atoms with van der Waals surface area (Å²) in [7, 11) is 0. The first kappa shape index (κ1) is 20.8. The number of hydrogen-bond acceptors (Lipinski definition) is 4. The predicted octanol–water partition coefficient (Wildman–Crippen LogP) is 2.90. The molecule has 1 aromatic carbocycles. The van der Waals surface area contributed by atoms with Crippen molar-refractivity contribution in [1.82, 2.24) is 14.4 Å². The fourth-order valence-corrected chi connectivity index (χ4v) is 4.43. The van der Waals surface area contributed by atoms with E-state index < -0.39 is 0 Å². The molecule has 0 saturated carbocycles. The summed E-state index contributed by atoms with van der Waals surface area (Å²) in [5.41, 5.74) is 1.49. The van der Waals surface area contributed by atoms with E-state index in [1.807, 2.05) is 29.2 Å². The van der Waals surface area contributed by atoms with Crippen LogP contribution in [0.2, 0.25) is 0 Å². The van der Waals surface area contributed by atoms with Crippen molar-refractivity contribution in [2.75, 3.05) is 50.7 Å². The molecule has 160 valence electrons. The Balaban J connectivity index is 1.19. The second-order valence-corrected chi connectivity index (χ2v) is 8.30. The van der Waals surface area contributed by atoms with Gasteiger partial charge in [-0.1, -0.05) is 12.1 Å². The number of anilines is 1. The average Bonchev–Trinajstić information content (AvgIpc) is 3.26. The number of fused-ring (bicyclic) bond motifs is 1. The first-order valence-corrected chi connectivity index (χ1v) is 11.2. The Kier molecular flexibility index (Phi) is 6.97. The van der Waals surface area contributed by atoms with Crippen LogP contribution >= 0.6 is 0 Å². The minimum atomic E-state index is 0.0737. The van der Waals surface area contributed by atoms with Crippen molar-refractivity contribution in [3.63, 3.8) is 0 Å². The number of Topliss-reactive ketones (excluding diaryl/α,β-unsaturated/α-hetero) is 1. The summed E-state index contributed by atoms with van der Waals surface area (Å²) in [6, 6.07) is 11.7. The molecule has 4 rings (SSSR count). The maximum Gasteiger partial charge on any atom is 0.227 e. The number of carbonyl (C=O) groups excluding carboxylic acids is 2. The van der Waals surface area contributed by atoms with Gasteiger partial charge in [0.15, 0.2) is 5.78 Å². The Labute approximate surface area is 179 Å². The second-order valence-electron chi connectivity index (χ2n) is 8.30. The summed E-state index contributed by atoms with van der Waals surface area (Å²) >= 11 is 0. The molecule has 0 unspecified atom stereocenters. The van der Waals surface area contributed by atoms with E-state index in [9.17, 15) is 9.59 Å². The van der Waals surface area contributed by atoms with E-state index in [1.165, 1.54) is 0 Å². The molecule has 2 aliphatic heterocycles. The van der Waals surface area contributed by atoms with Crippen LogP contribution < -0.4 is 4.90 Å². The number of piperazine rings is 1. The number of benzene rings is 1. The fraction of sp³-hybridized carbons (Fsp3) is 0.500. The summed E-state index contributed by atoms with van der Waals surface area (Å²) in [6.07, 6.45) is 6.92. The van der Waals surface area contributed by atoms with Crippen molar-refractivity contribution < 1.29 is 9.59 Å². The van der Waals surface area contributed by atoms with Gasteiger partial charge in [0.1, 0.15) is 0 Å². The molecule has 6 heteroatoms. The lowest BCUT2D eigenvalue weighted by atomic mass is 10.1. The highest BCUT2D eigenvalue weighted by atomic mass is 16.2. The van der Waals surface area contributed by atoms with Gasteiger partial charge in [0.05, 0.1) is 5.69 Å². The molecule has 6 nitrogen and oxygen atoms in total. The standard InChI is InChI=1S/C24H32N4O2/c29-23-9-10-24(30)28(22-8-2-1-7-21(22)23)14-6-5-13-26-16-19-27(20-17-26)18-15-25-11-3-4-12-25/h1-4,7-8,11-12H,5-6,9-10,13-20H2. The van der Waals surface area contributed by atoms with E-state index in [4.69, 9.17) is 0 Å². The molecule has 1 fully saturated rings. The van der Waals surface area contributed by atoms with Crippen molar-refractivity contribution >= 4 is 17.4 Å². The minimum Gasteiger partial charge on any atom is -0.353 e. The number of aromatic nitrogens is 1. The Morgan fingerprint density at radius 2 is 1.37 bits per heavy atom. The molecule has 2 aromatic rings. The molecule has 0 N–H and O–H groups in total. The molecule has 30 heavy (non-hydrogen) atoms. The van der Waals surface area contributed by atoms with E-state index >= 15 is 0 Å². The number of unbranched alkanes of at least 4 members (excludes halogenated alkanes) is 1.